The SMILES string of the molecule is CC(=O)CN(CCNC(=O)[C@@H](N)CCC(=O)O)C(C)=O. The van der Waals surface area contributed by atoms with E-state index in [0.717, 1.165) is 0 Å². The molecule has 0 spiro atoms. The van der Waals surface area contributed by atoms with Crippen molar-refractivity contribution >= 4 is 23.6 Å². The molecule has 0 radical (unpaired) electrons. The topological polar surface area (TPSA) is 130 Å². The Bertz CT molecular complexity index is 383. The third kappa shape index (κ3) is 8.20. The summed E-state index contributed by atoms with van der Waals surface area (Å²) in [4.78, 5) is 45.4. The Kier molecular flexibility index (Phi) is 8.14. The van der Waals surface area contributed by atoms with Gasteiger partial charge in [0.15, 0.2) is 0 Å². The predicted molar refractivity (Wildman–Crippen MR) is 70.8 cm³/mol. The van der Waals surface area contributed by atoms with E-state index in [9.17, 15) is 19.2 Å². The maximum Gasteiger partial charge on any atom is 0.303 e. The minimum atomic E-state index is -1.02. The van der Waals surface area contributed by atoms with Gasteiger partial charge in [-0.05, 0) is 13.3 Å². The summed E-state index contributed by atoms with van der Waals surface area (Å²) in [6, 6.07) is -0.898. The molecule has 8 nitrogen and oxygen atoms in total. The first-order valence-electron chi connectivity index (χ1n) is 6.24. The largest absolute Gasteiger partial charge is 0.481 e. The van der Waals surface area contributed by atoms with Gasteiger partial charge in [-0.3, -0.25) is 19.2 Å². The van der Waals surface area contributed by atoms with Gasteiger partial charge >= 0.3 is 5.97 Å². The summed E-state index contributed by atoms with van der Waals surface area (Å²) in [5.41, 5.74) is 5.51. The number of nitrogens with zero attached hydrogens (tertiary/aromatic N) is 1. The van der Waals surface area contributed by atoms with Gasteiger partial charge in [-0.1, -0.05) is 0 Å². The number of carboxylic acid groups (broad SMARTS) is 1. The number of carboxylic acids is 1. The van der Waals surface area contributed by atoms with E-state index >= 15 is 0 Å². The Morgan fingerprint density at radius 2 is 1.85 bits per heavy atom. The molecule has 0 aromatic carbocycles. The quantitative estimate of drug-likeness (QED) is 0.485. The minimum absolute atomic E-state index is 0.00370. The summed E-state index contributed by atoms with van der Waals surface area (Å²) in [5, 5.41) is 11.0. The van der Waals surface area contributed by atoms with Crippen LogP contribution in [0, 0.1) is 0 Å². The molecule has 0 saturated heterocycles. The molecule has 0 aromatic rings. The molecular weight excluding hydrogens is 266 g/mol. The first-order chi connectivity index (χ1) is 9.23. The number of hydrogen-bond donors (Lipinski definition) is 3. The Labute approximate surface area is 117 Å². The molecule has 0 rings (SSSR count). The van der Waals surface area contributed by atoms with Gasteiger partial charge in [0.25, 0.3) is 0 Å². The van der Waals surface area contributed by atoms with Crippen molar-refractivity contribution < 1.29 is 24.3 Å². The van der Waals surface area contributed by atoms with E-state index in [2.05, 4.69) is 5.32 Å². The van der Waals surface area contributed by atoms with E-state index in [0.29, 0.717) is 0 Å². The predicted octanol–water partition coefficient (Wildman–Crippen LogP) is -1.27. The second-order valence-corrected chi connectivity index (χ2v) is 4.47. The number of rotatable bonds is 9. The number of amides is 2. The number of hydrogen-bond acceptors (Lipinski definition) is 5. The molecule has 4 N–H and O–H groups in total. The van der Waals surface area contributed by atoms with Crippen molar-refractivity contribution in [1.29, 1.82) is 0 Å². The van der Waals surface area contributed by atoms with Crippen molar-refractivity contribution in [1.82, 2.24) is 10.2 Å². The summed E-state index contributed by atoms with van der Waals surface area (Å²) in [6.45, 7) is 3.06. The van der Waals surface area contributed by atoms with Crippen molar-refractivity contribution in [3.63, 3.8) is 0 Å². The minimum Gasteiger partial charge on any atom is -0.481 e. The van der Waals surface area contributed by atoms with Crippen LogP contribution >= 0.6 is 0 Å². The van der Waals surface area contributed by atoms with Crippen molar-refractivity contribution in [2.24, 2.45) is 5.73 Å². The molecule has 0 aliphatic heterocycles. The number of Topliss-reactive ketones (excluding diaryl/α,β-unsaturated/α-hetero) is 1. The number of carbonyl (C=O) groups excluding carboxylic acids is 3. The first kappa shape index (κ1) is 18.0. The van der Waals surface area contributed by atoms with Crippen LogP contribution in [0.2, 0.25) is 0 Å². The molecule has 0 unspecified atom stereocenters. The van der Waals surface area contributed by atoms with Gasteiger partial charge < -0.3 is 21.1 Å². The lowest BCUT2D eigenvalue weighted by Gasteiger charge is -2.20. The maximum absolute atomic E-state index is 11.5. The van der Waals surface area contributed by atoms with E-state index in [1.54, 1.807) is 0 Å². The molecule has 0 saturated carbocycles. The van der Waals surface area contributed by atoms with Crippen molar-refractivity contribution in [2.75, 3.05) is 19.6 Å². The molecule has 0 bridgehead atoms. The lowest BCUT2D eigenvalue weighted by molar-refractivity contribution is -0.137. The highest BCUT2D eigenvalue weighted by atomic mass is 16.4. The van der Waals surface area contributed by atoms with Crippen LogP contribution in [0.5, 0.6) is 0 Å². The van der Waals surface area contributed by atoms with Crippen molar-refractivity contribution in [3.8, 4) is 0 Å². The van der Waals surface area contributed by atoms with E-state index in [-0.39, 0.29) is 44.2 Å². The van der Waals surface area contributed by atoms with Gasteiger partial charge in [-0.25, -0.2) is 0 Å². The van der Waals surface area contributed by atoms with Crippen molar-refractivity contribution in [3.05, 3.63) is 0 Å². The normalized spacial score (nSPS) is 11.6. The second kappa shape index (κ2) is 9.03. The zero-order chi connectivity index (χ0) is 15.7. The highest BCUT2D eigenvalue weighted by Crippen LogP contribution is 1.95. The third-order valence-corrected chi connectivity index (χ3v) is 2.55. The average molecular weight is 287 g/mol. The summed E-state index contributed by atoms with van der Waals surface area (Å²) < 4.78 is 0. The second-order valence-electron chi connectivity index (χ2n) is 4.47. The lowest BCUT2D eigenvalue weighted by atomic mass is 10.1. The molecule has 0 fully saturated rings. The zero-order valence-corrected chi connectivity index (χ0v) is 11.7. The van der Waals surface area contributed by atoms with Crippen LogP contribution in [0.3, 0.4) is 0 Å². The summed E-state index contributed by atoms with van der Waals surface area (Å²) in [5.74, 6) is -1.90. The van der Waals surface area contributed by atoms with Crippen LogP contribution in [0.25, 0.3) is 0 Å². The van der Waals surface area contributed by atoms with Crippen LogP contribution in [-0.4, -0.2) is 59.2 Å². The monoisotopic (exact) mass is 287 g/mol. The lowest BCUT2D eigenvalue weighted by Crippen LogP contribution is -2.45. The van der Waals surface area contributed by atoms with Crippen LogP contribution in [0.1, 0.15) is 26.7 Å². The van der Waals surface area contributed by atoms with E-state index in [1.807, 2.05) is 0 Å². The number of carbonyl (C=O) groups is 4. The smallest absolute Gasteiger partial charge is 0.303 e. The fourth-order valence-corrected chi connectivity index (χ4v) is 1.47. The Morgan fingerprint density at radius 1 is 1.25 bits per heavy atom. The van der Waals surface area contributed by atoms with Crippen LogP contribution < -0.4 is 11.1 Å². The Balaban J connectivity index is 4.07. The van der Waals surface area contributed by atoms with Gasteiger partial charge in [0.05, 0.1) is 12.6 Å². The highest BCUT2D eigenvalue weighted by molar-refractivity contribution is 5.84. The fourth-order valence-electron chi connectivity index (χ4n) is 1.47. The molecular formula is C12H21N3O5. The van der Waals surface area contributed by atoms with Crippen molar-refractivity contribution in [2.45, 2.75) is 32.7 Å². The van der Waals surface area contributed by atoms with E-state index in [1.165, 1.54) is 18.7 Å². The zero-order valence-electron chi connectivity index (χ0n) is 11.7. The standard InChI is InChI=1S/C12H21N3O5/c1-8(16)7-15(9(2)17)6-5-14-12(20)10(13)3-4-11(18)19/h10H,3-7,13H2,1-2H3,(H,14,20)(H,18,19)/t10-/m0/s1. The number of aliphatic carboxylic acids is 1. The summed E-state index contributed by atoms with van der Waals surface area (Å²) >= 11 is 0. The Hall–Kier alpha value is -1.96. The molecule has 114 valence electrons. The first-order valence-corrected chi connectivity index (χ1v) is 6.24. The molecule has 0 aromatic heterocycles. The molecule has 0 aliphatic carbocycles. The number of ketones is 1. The van der Waals surface area contributed by atoms with Gasteiger partial charge in [-0.2, -0.15) is 0 Å². The third-order valence-electron chi connectivity index (χ3n) is 2.55. The van der Waals surface area contributed by atoms with Gasteiger partial charge in [0.1, 0.15) is 5.78 Å². The molecule has 0 heterocycles. The fraction of sp³-hybridized carbons (Fsp3) is 0.667. The number of nitrogens with one attached hydrogen (secondary N) is 1. The summed E-state index contributed by atoms with van der Waals surface area (Å²) in [7, 11) is 0. The van der Waals surface area contributed by atoms with Gasteiger partial charge in [0.2, 0.25) is 11.8 Å². The maximum atomic E-state index is 11.5. The molecule has 0 aliphatic rings. The number of nitrogens with two attached hydrogens (primary N) is 1. The molecule has 8 heteroatoms. The van der Waals surface area contributed by atoms with Crippen LogP contribution in [-0.2, 0) is 19.2 Å². The van der Waals surface area contributed by atoms with Gasteiger partial charge in [0, 0.05) is 26.4 Å². The van der Waals surface area contributed by atoms with E-state index < -0.39 is 17.9 Å². The average Bonchev–Trinajstić information content (AvgIpc) is 2.33. The van der Waals surface area contributed by atoms with Crippen LogP contribution in [0.4, 0.5) is 0 Å². The molecule has 1 atom stereocenters. The van der Waals surface area contributed by atoms with Gasteiger partial charge in [-0.15, -0.1) is 0 Å². The highest BCUT2D eigenvalue weighted by Gasteiger charge is 2.15. The summed E-state index contributed by atoms with van der Waals surface area (Å²) in [6.07, 6.45) is -0.135. The van der Waals surface area contributed by atoms with Crippen LogP contribution in [0.15, 0.2) is 0 Å². The molecule has 20 heavy (non-hydrogen) atoms. The van der Waals surface area contributed by atoms with E-state index in [4.69, 9.17) is 10.8 Å². The Morgan fingerprint density at radius 3 is 2.30 bits per heavy atom. The molecule has 2 amide bonds.